The van der Waals surface area contributed by atoms with Crippen LogP contribution >= 0.6 is 0 Å². The molecule has 0 aliphatic carbocycles. The Balaban J connectivity index is 0.949. The molecule has 2 heterocycles. The average Bonchev–Trinajstić information content (AvgIpc) is 1.72. The van der Waals surface area contributed by atoms with Gasteiger partial charge in [0.15, 0.2) is 0 Å². The van der Waals surface area contributed by atoms with E-state index in [9.17, 15) is 19.2 Å². The molecule has 2 N–H and O–H groups in total. The molecular formula is C71H88N4O10. The van der Waals surface area contributed by atoms with Gasteiger partial charge >= 0.3 is 23.9 Å². The maximum Gasteiger partial charge on any atom is 0.338 e. The van der Waals surface area contributed by atoms with Gasteiger partial charge in [0.1, 0.15) is 50.1 Å². The molecule has 0 aromatic heterocycles. The van der Waals surface area contributed by atoms with E-state index < -0.39 is 29.6 Å². The summed E-state index contributed by atoms with van der Waals surface area (Å²) in [7, 11) is 0. The lowest BCUT2D eigenvalue weighted by Crippen LogP contribution is -2.63. The SMILES string of the molecule is CC1(C)CC(N(CCOC(=O)c2ccccc2)CC(COc2ccc(C(C)(C)c3ccc(OCC(CN(CCOC(=O)c4ccccc4)C4CC(C)(C)NC(C)(C)C4)OC(=O)c4ccccc4)cc3)cc2)OC(=O)c2ccccc2)CC(C)(C)N1. The van der Waals surface area contributed by atoms with Gasteiger partial charge in [-0.3, -0.25) is 9.80 Å². The second kappa shape index (κ2) is 28.2. The van der Waals surface area contributed by atoms with E-state index in [0.717, 1.165) is 36.8 Å². The van der Waals surface area contributed by atoms with Crippen LogP contribution in [0, 0.1) is 0 Å². The van der Waals surface area contributed by atoms with Gasteiger partial charge in [-0.1, -0.05) is 111 Å². The number of piperidine rings is 2. The van der Waals surface area contributed by atoms with Crippen LogP contribution in [0.1, 0.15) is 147 Å². The number of rotatable bonds is 26. The molecule has 14 heteroatoms. The van der Waals surface area contributed by atoms with Crippen LogP contribution < -0.4 is 20.1 Å². The van der Waals surface area contributed by atoms with Gasteiger partial charge in [0.25, 0.3) is 0 Å². The number of carbonyl (C=O) groups is 4. The molecule has 0 saturated carbocycles. The zero-order valence-electron chi connectivity index (χ0n) is 51.4. The molecule has 6 aromatic carbocycles. The van der Waals surface area contributed by atoms with Crippen molar-refractivity contribution in [3.05, 3.63) is 203 Å². The minimum Gasteiger partial charge on any atom is -0.490 e. The van der Waals surface area contributed by atoms with Crippen molar-refractivity contribution in [2.75, 3.05) is 52.6 Å². The summed E-state index contributed by atoms with van der Waals surface area (Å²) in [6.45, 7) is 24.0. The van der Waals surface area contributed by atoms with Crippen molar-refractivity contribution in [2.24, 2.45) is 0 Å². The summed E-state index contributed by atoms with van der Waals surface area (Å²) in [5, 5.41) is 7.57. The molecule has 8 rings (SSSR count). The molecule has 0 bridgehead atoms. The Morgan fingerprint density at radius 2 is 0.718 bits per heavy atom. The number of carbonyl (C=O) groups excluding carboxylic acids is 4. The summed E-state index contributed by atoms with van der Waals surface area (Å²) in [6, 6.07) is 52.1. The van der Waals surface area contributed by atoms with Crippen LogP contribution in [0.3, 0.4) is 0 Å². The van der Waals surface area contributed by atoms with E-state index in [1.807, 2.05) is 97.1 Å². The van der Waals surface area contributed by atoms with Crippen molar-refractivity contribution >= 4 is 23.9 Å². The Hall–Kier alpha value is -7.36. The highest BCUT2D eigenvalue weighted by molar-refractivity contribution is 5.90. The fourth-order valence-corrected chi connectivity index (χ4v) is 12.6. The number of hydrogen-bond donors (Lipinski definition) is 2. The molecule has 2 unspecified atom stereocenters. The van der Waals surface area contributed by atoms with Gasteiger partial charge in [-0.25, -0.2) is 19.2 Å². The second-order valence-electron chi connectivity index (χ2n) is 26.0. The molecule has 452 valence electrons. The first-order valence-corrected chi connectivity index (χ1v) is 29.9. The minimum atomic E-state index is -0.674. The Kier molecular flexibility index (Phi) is 21.1. The number of nitrogens with one attached hydrogen (secondary N) is 2. The summed E-state index contributed by atoms with van der Waals surface area (Å²) in [4.78, 5) is 58.2. The van der Waals surface area contributed by atoms with Crippen molar-refractivity contribution in [1.29, 1.82) is 0 Å². The highest BCUT2D eigenvalue weighted by atomic mass is 16.6. The molecule has 2 aliphatic rings. The summed E-state index contributed by atoms with van der Waals surface area (Å²) in [5.41, 5.74) is 2.85. The Morgan fingerprint density at radius 1 is 0.435 bits per heavy atom. The Bertz CT molecular complexity index is 2860. The van der Waals surface area contributed by atoms with Crippen LogP contribution in [0.2, 0.25) is 0 Å². The van der Waals surface area contributed by atoms with E-state index in [2.05, 4.69) is 114 Å². The van der Waals surface area contributed by atoms with Gasteiger partial charge in [0, 0.05) is 65.8 Å². The Morgan fingerprint density at radius 3 is 1.01 bits per heavy atom. The Labute approximate surface area is 503 Å². The van der Waals surface area contributed by atoms with Crippen LogP contribution in [0.4, 0.5) is 0 Å². The van der Waals surface area contributed by atoms with Crippen molar-refractivity contribution in [3.63, 3.8) is 0 Å². The van der Waals surface area contributed by atoms with Crippen molar-refractivity contribution < 1.29 is 47.6 Å². The average molecular weight is 1160 g/mol. The maximum atomic E-state index is 13.8. The number of benzene rings is 6. The monoisotopic (exact) mass is 1160 g/mol. The molecule has 6 aromatic rings. The van der Waals surface area contributed by atoms with Crippen LogP contribution in [0.5, 0.6) is 11.5 Å². The summed E-state index contributed by atoms with van der Waals surface area (Å²) >= 11 is 0. The first-order chi connectivity index (χ1) is 40.4. The molecule has 0 amide bonds. The lowest BCUT2D eigenvalue weighted by atomic mass is 9.78. The lowest BCUT2D eigenvalue weighted by Gasteiger charge is -2.50. The van der Waals surface area contributed by atoms with E-state index in [1.54, 1.807) is 48.5 Å². The standard InChI is InChI=1S/C71H88N4O10/c1-67(2)43-57(44-68(3,4)72-67)74(39-41-80-63(76)51-23-15-11-16-24-51)47-61(84-65(78)53-27-19-13-20-28-53)49-82-59-35-31-55(32-36-59)71(9,10)56-33-37-60(38-34-56)83-50-62(85-66(79)54-29-21-14-22-30-54)48-75(58-45-69(5,6)73-70(7,8)46-58)40-42-81-64(77)52-25-17-12-18-26-52/h11-38,57-58,61-62,72-73H,39-50H2,1-10H3. The van der Waals surface area contributed by atoms with Gasteiger partial charge in [0.2, 0.25) is 0 Å². The number of nitrogens with zero attached hydrogens (tertiary/aromatic N) is 2. The topological polar surface area (TPSA) is 154 Å². The van der Waals surface area contributed by atoms with Gasteiger partial charge in [-0.2, -0.15) is 0 Å². The molecular weight excluding hydrogens is 1070 g/mol. The molecule has 85 heavy (non-hydrogen) atoms. The smallest absolute Gasteiger partial charge is 0.338 e. The molecule has 2 atom stereocenters. The molecule has 0 spiro atoms. The minimum absolute atomic E-state index is 0.0841. The zero-order chi connectivity index (χ0) is 60.8. The van der Waals surface area contributed by atoms with Crippen molar-refractivity contribution in [1.82, 2.24) is 20.4 Å². The normalized spacial score (nSPS) is 17.3. The van der Waals surface area contributed by atoms with E-state index in [-0.39, 0.29) is 72.6 Å². The van der Waals surface area contributed by atoms with Crippen molar-refractivity contribution in [2.45, 2.75) is 147 Å². The van der Waals surface area contributed by atoms with Gasteiger partial charge in [-0.15, -0.1) is 0 Å². The van der Waals surface area contributed by atoms with E-state index >= 15 is 0 Å². The third kappa shape index (κ3) is 18.8. The third-order valence-corrected chi connectivity index (χ3v) is 16.1. The summed E-state index contributed by atoms with van der Waals surface area (Å²) in [5.74, 6) is -0.416. The van der Waals surface area contributed by atoms with Gasteiger partial charge in [-0.05, 0) is 165 Å². The van der Waals surface area contributed by atoms with Crippen LogP contribution in [0.15, 0.2) is 170 Å². The maximum absolute atomic E-state index is 13.8. The second-order valence-corrected chi connectivity index (χ2v) is 26.0. The van der Waals surface area contributed by atoms with Crippen LogP contribution in [-0.4, -0.2) is 133 Å². The highest BCUT2D eigenvalue weighted by Crippen LogP contribution is 2.36. The highest BCUT2D eigenvalue weighted by Gasteiger charge is 2.42. The van der Waals surface area contributed by atoms with Gasteiger partial charge in [0.05, 0.1) is 22.3 Å². The predicted octanol–water partition coefficient (Wildman–Crippen LogP) is 12.2. The van der Waals surface area contributed by atoms with E-state index in [1.165, 1.54) is 0 Å². The molecule has 0 radical (unpaired) electrons. The van der Waals surface area contributed by atoms with E-state index in [4.69, 9.17) is 28.4 Å². The van der Waals surface area contributed by atoms with Gasteiger partial charge < -0.3 is 39.1 Å². The quantitative estimate of drug-likeness (QED) is 0.0391. The molecule has 2 aliphatic heterocycles. The fraction of sp³-hybridized carbons (Fsp3) is 0.437. The summed E-state index contributed by atoms with van der Waals surface area (Å²) < 4.78 is 37.3. The molecule has 14 nitrogen and oxygen atoms in total. The van der Waals surface area contributed by atoms with E-state index in [0.29, 0.717) is 59.9 Å². The van der Waals surface area contributed by atoms with Crippen LogP contribution in [0.25, 0.3) is 0 Å². The number of ether oxygens (including phenoxy) is 6. The first kappa shape index (κ1) is 63.7. The zero-order valence-corrected chi connectivity index (χ0v) is 51.4. The van der Waals surface area contributed by atoms with Crippen LogP contribution in [-0.2, 0) is 24.4 Å². The predicted molar refractivity (Wildman–Crippen MR) is 333 cm³/mol. The van der Waals surface area contributed by atoms with Crippen molar-refractivity contribution in [3.8, 4) is 11.5 Å². The largest absolute Gasteiger partial charge is 0.490 e. The molecule has 2 saturated heterocycles. The summed E-state index contributed by atoms with van der Waals surface area (Å²) in [6.07, 6.45) is 1.97. The number of hydrogen-bond acceptors (Lipinski definition) is 14. The first-order valence-electron chi connectivity index (χ1n) is 29.9. The number of esters is 4. The third-order valence-electron chi connectivity index (χ3n) is 16.1. The fourth-order valence-electron chi connectivity index (χ4n) is 12.6. The molecule has 2 fully saturated rings. The lowest BCUT2D eigenvalue weighted by molar-refractivity contribution is -0.0169.